The summed E-state index contributed by atoms with van der Waals surface area (Å²) < 4.78 is 6.71. The molecule has 0 bridgehead atoms. The summed E-state index contributed by atoms with van der Waals surface area (Å²) >= 11 is 1.48. The molecule has 0 N–H and O–H groups in total. The van der Waals surface area contributed by atoms with Crippen LogP contribution < -0.4 is 0 Å². The van der Waals surface area contributed by atoms with Crippen LogP contribution in [0.5, 0.6) is 0 Å². The van der Waals surface area contributed by atoms with Crippen LogP contribution in [-0.4, -0.2) is 32.3 Å². The van der Waals surface area contributed by atoms with Crippen molar-refractivity contribution in [1.29, 1.82) is 0 Å². The lowest BCUT2D eigenvalue weighted by Crippen LogP contribution is -2.07. The summed E-state index contributed by atoms with van der Waals surface area (Å²) in [4.78, 5) is 21.2. The molecule has 0 unspecified atom stereocenters. The van der Waals surface area contributed by atoms with Crippen LogP contribution in [0.3, 0.4) is 0 Å². The highest BCUT2D eigenvalue weighted by atomic mass is 32.1. The fourth-order valence-electron chi connectivity index (χ4n) is 1.99. The van der Waals surface area contributed by atoms with Crippen molar-refractivity contribution in [3.63, 3.8) is 0 Å². The van der Waals surface area contributed by atoms with Crippen molar-refractivity contribution >= 4 is 17.3 Å². The maximum atomic E-state index is 11.9. The van der Waals surface area contributed by atoms with Crippen LogP contribution in [0.25, 0.3) is 16.3 Å². The number of ether oxygens (including phenoxy) is 1. The summed E-state index contributed by atoms with van der Waals surface area (Å²) in [5.41, 5.74) is 4.50. The van der Waals surface area contributed by atoms with Crippen LogP contribution in [0.1, 0.15) is 23.1 Å². The van der Waals surface area contributed by atoms with E-state index in [0.717, 1.165) is 22.0 Å². The molecule has 6 nitrogen and oxygen atoms in total. The Balaban J connectivity index is 2.10. The fraction of sp³-hybridized carbons (Fsp3) is 0.200. The van der Waals surface area contributed by atoms with Crippen molar-refractivity contribution in [3.05, 3.63) is 47.5 Å². The number of carbonyl (C=O) groups is 1. The molecule has 112 valence electrons. The van der Waals surface area contributed by atoms with Gasteiger partial charge in [0, 0.05) is 18.0 Å². The molecule has 3 aromatic heterocycles. The zero-order valence-corrected chi connectivity index (χ0v) is 13.0. The molecular weight excluding hydrogens is 300 g/mol. The molecule has 0 aliphatic carbocycles. The first-order chi connectivity index (χ1) is 10.7. The molecule has 0 spiro atoms. The van der Waals surface area contributed by atoms with Crippen LogP contribution in [0.15, 0.2) is 36.1 Å². The zero-order valence-electron chi connectivity index (χ0n) is 12.2. The van der Waals surface area contributed by atoms with Crippen LogP contribution >= 0.6 is 11.3 Å². The van der Waals surface area contributed by atoms with Crippen molar-refractivity contribution in [2.75, 3.05) is 6.61 Å². The Hall–Kier alpha value is -2.54. The van der Waals surface area contributed by atoms with E-state index in [2.05, 4.69) is 15.1 Å². The van der Waals surface area contributed by atoms with Crippen LogP contribution in [0, 0.1) is 6.92 Å². The topological polar surface area (TPSA) is 69.9 Å². The second kappa shape index (κ2) is 6.07. The quantitative estimate of drug-likeness (QED) is 0.693. The Kier molecular flexibility index (Phi) is 3.97. The van der Waals surface area contributed by atoms with Gasteiger partial charge in [-0.25, -0.2) is 9.48 Å². The second-order valence-electron chi connectivity index (χ2n) is 4.57. The molecule has 0 aliphatic rings. The van der Waals surface area contributed by atoms with Gasteiger partial charge in [-0.3, -0.25) is 9.97 Å². The minimum absolute atomic E-state index is 0.269. The minimum atomic E-state index is -0.438. The van der Waals surface area contributed by atoms with Gasteiger partial charge in [0.05, 0.1) is 34.6 Å². The van der Waals surface area contributed by atoms with Gasteiger partial charge in [0.15, 0.2) is 5.69 Å². The molecule has 3 heterocycles. The number of hydrogen-bond acceptors (Lipinski definition) is 6. The van der Waals surface area contributed by atoms with Gasteiger partial charge < -0.3 is 4.74 Å². The number of rotatable bonds is 4. The second-order valence-corrected chi connectivity index (χ2v) is 5.46. The number of aryl methyl sites for hydroxylation is 1. The summed E-state index contributed by atoms with van der Waals surface area (Å²) in [6.07, 6.45) is 3.47. The maximum Gasteiger partial charge on any atom is 0.358 e. The summed E-state index contributed by atoms with van der Waals surface area (Å²) in [7, 11) is 0. The average Bonchev–Trinajstić information content (AvgIpc) is 3.17. The maximum absolute atomic E-state index is 11.9. The molecule has 3 rings (SSSR count). The van der Waals surface area contributed by atoms with E-state index < -0.39 is 5.97 Å². The summed E-state index contributed by atoms with van der Waals surface area (Å²) in [6, 6.07) is 5.53. The zero-order chi connectivity index (χ0) is 15.5. The van der Waals surface area contributed by atoms with E-state index in [0.29, 0.717) is 6.61 Å². The fourth-order valence-corrected chi connectivity index (χ4v) is 2.61. The lowest BCUT2D eigenvalue weighted by Gasteiger charge is -2.05. The highest BCUT2D eigenvalue weighted by molar-refractivity contribution is 7.13. The van der Waals surface area contributed by atoms with E-state index in [1.54, 1.807) is 35.6 Å². The number of hydrogen-bond donors (Lipinski definition) is 0. The van der Waals surface area contributed by atoms with Crippen LogP contribution in [-0.2, 0) is 4.74 Å². The highest BCUT2D eigenvalue weighted by Gasteiger charge is 2.18. The van der Waals surface area contributed by atoms with Crippen molar-refractivity contribution in [1.82, 2.24) is 19.7 Å². The van der Waals surface area contributed by atoms with Gasteiger partial charge in [0.25, 0.3) is 0 Å². The van der Waals surface area contributed by atoms with Gasteiger partial charge in [-0.2, -0.15) is 5.10 Å². The highest BCUT2D eigenvalue weighted by Crippen LogP contribution is 2.27. The third-order valence-electron chi connectivity index (χ3n) is 3.02. The average molecular weight is 314 g/mol. The largest absolute Gasteiger partial charge is 0.461 e. The van der Waals surface area contributed by atoms with Gasteiger partial charge in [-0.1, -0.05) is 0 Å². The number of nitrogens with zero attached hydrogens (tertiary/aromatic N) is 4. The Bertz CT molecular complexity index is 778. The van der Waals surface area contributed by atoms with Gasteiger partial charge in [0.2, 0.25) is 0 Å². The molecule has 22 heavy (non-hydrogen) atoms. The predicted molar refractivity (Wildman–Crippen MR) is 83.2 cm³/mol. The number of carbonyl (C=O) groups excluding carboxylic acids is 1. The summed E-state index contributed by atoms with van der Waals surface area (Å²) in [6.45, 7) is 4.00. The van der Waals surface area contributed by atoms with Gasteiger partial charge in [-0.05, 0) is 26.0 Å². The van der Waals surface area contributed by atoms with Crippen molar-refractivity contribution < 1.29 is 9.53 Å². The molecule has 0 saturated heterocycles. The van der Waals surface area contributed by atoms with Gasteiger partial charge >= 0.3 is 5.97 Å². The van der Waals surface area contributed by atoms with Crippen molar-refractivity contribution in [2.45, 2.75) is 13.8 Å². The number of aromatic nitrogens is 4. The normalized spacial score (nSPS) is 10.6. The Morgan fingerprint density at radius 1 is 1.36 bits per heavy atom. The van der Waals surface area contributed by atoms with Crippen molar-refractivity contribution in [2.24, 2.45) is 0 Å². The molecule has 7 heteroatoms. The van der Waals surface area contributed by atoms with Gasteiger partial charge in [-0.15, -0.1) is 11.3 Å². The third-order valence-corrected chi connectivity index (χ3v) is 3.81. The lowest BCUT2D eigenvalue weighted by atomic mass is 10.3. The first kappa shape index (κ1) is 14.4. The first-order valence-corrected chi connectivity index (χ1v) is 7.66. The smallest absolute Gasteiger partial charge is 0.358 e. The molecule has 0 saturated carbocycles. The monoisotopic (exact) mass is 314 g/mol. The molecule has 0 aromatic carbocycles. The molecule has 3 aromatic rings. The Labute approximate surface area is 131 Å². The van der Waals surface area contributed by atoms with E-state index in [4.69, 9.17) is 4.74 Å². The first-order valence-electron chi connectivity index (χ1n) is 6.78. The van der Waals surface area contributed by atoms with E-state index in [9.17, 15) is 4.79 Å². The number of thiazole rings is 1. The molecule has 0 aliphatic heterocycles. The summed E-state index contributed by atoms with van der Waals surface area (Å²) in [5.74, 6) is -0.438. The Morgan fingerprint density at radius 2 is 2.23 bits per heavy atom. The number of esters is 1. The van der Waals surface area contributed by atoms with E-state index in [-0.39, 0.29) is 5.69 Å². The molecule has 0 radical (unpaired) electrons. The van der Waals surface area contributed by atoms with Crippen molar-refractivity contribution in [3.8, 4) is 16.3 Å². The lowest BCUT2D eigenvalue weighted by molar-refractivity contribution is 0.0519. The van der Waals surface area contributed by atoms with E-state index in [1.807, 2.05) is 19.1 Å². The third kappa shape index (κ3) is 2.75. The van der Waals surface area contributed by atoms with E-state index >= 15 is 0 Å². The minimum Gasteiger partial charge on any atom is -0.461 e. The van der Waals surface area contributed by atoms with Gasteiger partial charge in [0.1, 0.15) is 0 Å². The summed E-state index contributed by atoms with van der Waals surface area (Å²) in [5, 5.41) is 4.37. The molecule has 0 fully saturated rings. The number of pyridine rings is 1. The molecular formula is C15H14N4O2S. The molecule has 0 amide bonds. The SMILES string of the molecule is CCOC(=O)c1cc(-c2cncs2)n(-c2ccc(C)nc2)n1. The predicted octanol–water partition coefficient (Wildman–Crippen LogP) is 2.88. The van der Waals surface area contributed by atoms with Crippen LogP contribution in [0.4, 0.5) is 0 Å². The van der Waals surface area contributed by atoms with E-state index in [1.165, 1.54) is 11.3 Å². The van der Waals surface area contributed by atoms with Crippen LogP contribution in [0.2, 0.25) is 0 Å². The molecule has 0 atom stereocenters. The standard InChI is InChI=1S/C15H14N4O2S/c1-3-21-15(20)12-6-13(14-8-16-9-22-14)19(18-12)11-5-4-10(2)17-7-11/h4-9H,3H2,1-2H3. The Morgan fingerprint density at radius 3 is 2.86 bits per heavy atom.